The second-order valence-corrected chi connectivity index (χ2v) is 6.70. The molecule has 0 spiro atoms. The third kappa shape index (κ3) is 3.14. The van der Waals surface area contributed by atoms with E-state index in [1.54, 1.807) is 15.8 Å². The smallest absolute Gasteiger partial charge is 0.245 e. The van der Waals surface area contributed by atoms with Gasteiger partial charge in [0.2, 0.25) is 11.8 Å². The molecule has 1 aliphatic rings. The molecule has 2 amide bonds. The van der Waals surface area contributed by atoms with Gasteiger partial charge in [-0.1, -0.05) is 36.9 Å². The maximum atomic E-state index is 13.3. The van der Waals surface area contributed by atoms with Crippen molar-refractivity contribution in [2.75, 3.05) is 18.4 Å². The van der Waals surface area contributed by atoms with Crippen LogP contribution in [0.3, 0.4) is 0 Å². The Labute approximate surface area is 153 Å². The van der Waals surface area contributed by atoms with Crippen molar-refractivity contribution in [1.29, 1.82) is 0 Å². The van der Waals surface area contributed by atoms with Gasteiger partial charge in [0.1, 0.15) is 0 Å². The third-order valence-electron chi connectivity index (χ3n) is 5.35. The first kappa shape index (κ1) is 17.9. The number of carbonyl (C=O) groups is 2. The summed E-state index contributed by atoms with van der Waals surface area (Å²) < 4.78 is 1.73. The lowest BCUT2D eigenvalue weighted by atomic mass is 9.72. The maximum Gasteiger partial charge on any atom is 0.245 e. The number of carbonyl (C=O) groups excluding carboxylic acids is 2. The largest absolute Gasteiger partial charge is 0.339 e. The van der Waals surface area contributed by atoms with E-state index in [0.717, 1.165) is 16.9 Å². The van der Waals surface area contributed by atoms with Crippen LogP contribution in [0, 0.1) is 6.92 Å². The fraction of sp³-hybridized carbons (Fsp3) is 0.350. The van der Waals surface area contributed by atoms with Gasteiger partial charge < -0.3 is 10.2 Å². The first-order valence-electron chi connectivity index (χ1n) is 8.75. The van der Waals surface area contributed by atoms with Crippen LogP contribution in [0.15, 0.2) is 49.2 Å². The van der Waals surface area contributed by atoms with E-state index in [1.165, 1.54) is 6.08 Å². The molecule has 6 nitrogen and oxygen atoms in total. The Bertz CT molecular complexity index is 818. The summed E-state index contributed by atoms with van der Waals surface area (Å²) in [5.41, 5.74) is 1.93. The summed E-state index contributed by atoms with van der Waals surface area (Å²) in [6, 6.07) is 9.81. The number of amides is 2. The molecule has 3 rings (SSSR count). The first-order valence-corrected chi connectivity index (χ1v) is 8.75. The molecule has 2 heterocycles. The molecule has 26 heavy (non-hydrogen) atoms. The molecule has 1 aromatic carbocycles. The molecule has 1 N–H and O–H groups in total. The van der Waals surface area contributed by atoms with Crippen LogP contribution < -0.4 is 5.32 Å². The van der Waals surface area contributed by atoms with Gasteiger partial charge in [0, 0.05) is 20.1 Å². The summed E-state index contributed by atoms with van der Waals surface area (Å²) in [6.45, 7) is 6.53. The predicted octanol–water partition coefficient (Wildman–Crippen LogP) is 2.41. The van der Waals surface area contributed by atoms with Crippen molar-refractivity contribution in [2.24, 2.45) is 7.05 Å². The monoisotopic (exact) mass is 352 g/mol. The van der Waals surface area contributed by atoms with Crippen LogP contribution in [-0.2, 0) is 22.1 Å². The number of hydrogen-bond acceptors (Lipinski definition) is 3. The van der Waals surface area contributed by atoms with Gasteiger partial charge in [-0.15, -0.1) is 0 Å². The molecule has 136 valence electrons. The summed E-state index contributed by atoms with van der Waals surface area (Å²) in [5, 5.41) is 7.25. The molecule has 6 heteroatoms. The number of piperidine rings is 1. The van der Waals surface area contributed by atoms with E-state index >= 15 is 0 Å². The van der Waals surface area contributed by atoms with Gasteiger partial charge >= 0.3 is 0 Å². The van der Waals surface area contributed by atoms with E-state index in [1.807, 2.05) is 44.3 Å². The lowest BCUT2D eigenvalue weighted by Gasteiger charge is -2.40. The van der Waals surface area contributed by atoms with Crippen LogP contribution in [0.4, 0.5) is 5.69 Å². The van der Waals surface area contributed by atoms with Crippen LogP contribution in [0.25, 0.3) is 0 Å². The lowest BCUT2D eigenvalue weighted by molar-refractivity contribution is -0.131. The molecule has 1 aromatic heterocycles. The minimum absolute atomic E-state index is 0.0505. The topological polar surface area (TPSA) is 67.2 Å². The molecule has 1 aliphatic heterocycles. The molecule has 0 bridgehead atoms. The summed E-state index contributed by atoms with van der Waals surface area (Å²) >= 11 is 0. The SMILES string of the molecule is C=CC(=O)N1CCC(C(=O)Nc2cnn(C)c2C)(c2ccccc2)CC1. The highest BCUT2D eigenvalue weighted by Crippen LogP contribution is 2.37. The summed E-state index contributed by atoms with van der Waals surface area (Å²) in [6.07, 6.45) is 4.14. The molecule has 0 saturated carbocycles. The molecule has 1 fully saturated rings. The summed E-state index contributed by atoms with van der Waals surface area (Å²) in [7, 11) is 1.84. The number of aryl methyl sites for hydroxylation is 1. The van der Waals surface area contributed by atoms with Crippen molar-refractivity contribution in [3.63, 3.8) is 0 Å². The Balaban J connectivity index is 1.90. The van der Waals surface area contributed by atoms with Crippen molar-refractivity contribution >= 4 is 17.5 Å². The third-order valence-corrected chi connectivity index (χ3v) is 5.35. The van der Waals surface area contributed by atoms with Gasteiger partial charge in [-0.3, -0.25) is 14.3 Å². The number of hydrogen-bond donors (Lipinski definition) is 1. The quantitative estimate of drug-likeness (QED) is 0.860. The minimum Gasteiger partial charge on any atom is -0.339 e. The molecule has 0 radical (unpaired) electrons. The van der Waals surface area contributed by atoms with Crippen molar-refractivity contribution in [3.8, 4) is 0 Å². The van der Waals surface area contributed by atoms with Gasteiger partial charge in [-0.25, -0.2) is 0 Å². The standard InChI is InChI=1S/C20H24N4O2/c1-4-18(25)24-12-10-20(11-13-24,16-8-6-5-7-9-16)19(26)22-17-14-21-23(3)15(17)2/h4-9,14H,1,10-13H2,2-3H3,(H,22,26). The number of likely N-dealkylation sites (tertiary alicyclic amines) is 1. The molecule has 0 atom stereocenters. The Hall–Kier alpha value is -2.89. The Morgan fingerprint density at radius 2 is 1.88 bits per heavy atom. The predicted molar refractivity (Wildman–Crippen MR) is 101 cm³/mol. The summed E-state index contributed by atoms with van der Waals surface area (Å²) in [5.74, 6) is -0.138. The fourth-order valence-corrected chi connectivity index (χ4v) is 3.51. The van der Waals surface area contributed by atoms with Gasteiger partial charge in [0.15, 0.2) is 0 Å². The summed E-state index contributed by atoms with van der Waals surface area (Å²) in [4.78, 5) is 27.0. The van der Waals surface area contributed by atoms with Gasteiger partial charge in [-0.2, -0.15) is 5.10 Å². The number of aromatic nitrogens is 2. The molecule has 2 aromatic rings. The number of anilines is 1. The highest BCUT2D eigenvalue weighted by atomic mass is 16.2. The average molecular weight is 352 g/mol. The van der Waals surface area contributed by atoms with E-state index < -0.39 is 5.41 Å². The van der Waals surface area contributed by atoms with Gasteiger partial charge in [0.25, 0.3) is 0 Å². The van der Waals surface area contributed by atoms with Crippen molar-refractivity contribution < 1.29 is 9.59 Å². The number of rotatable bonds is 4. The average Bonchev–Trinajstić information content (AvgIpc) is 3.00. The molecule has 0 aliphatic carbocycles. The van der Waals surface area contributed by atoms with Gasteiger partial charge in [0.05, 0.1) is 23.0 Å². The maximum absolute atomic E-state index is 13.3. The number of nitrogens with zero attached hydrogens (tertiary/aromatic N) is 3. The second-order valence-electron chi connectivity index (χ2n) is 6.70. The molecular formula is C20H24N4O2. The Kier molecular flexibility index (Phi) is 4.93. The van der Waals surface area contributed by atoms with Crippen LogP contribution in [0.5, 0.6) is 0 Å². The van der Waals surface area contributed by atoms with Crippen molar-refractivity contribution in [1.82, 2.24) is 14.7 Å². The van der Waals surface area contributed by atoms with Crippen LogP contribution in [-0.4, -0.2) is 39.6 Å². The van der Waals surface area contributed by atoms with E-state index in [0.29, 0.717) is 25.9 Å². The normalized spacial score (nSPS) is 16.2. The van der Waals surface area contributed by atoms with E-state index in [9.17, 15) is 9.59 Å². The van der Waals surface area contributed by atoms with E-state index in [2.05, 4.69) is 17.0 Å². The molecule has 1 saturated heterocycles. The number of benzene rings is 1. The fourth-order valence-electron chi connectivity index (χ4n) is 3.51. The second kappa shape index (κ2) is 7.15. The lowest BCUT2D eigenvalue weighted by Crippen LogP contribution is -2.50. The van der Waals surface area contributed by atoms with Crippen molar-refractivity contribution in [2.45, 2.75) is 25.2 Å². The van der Waals surface area contributed by atoms with Crippen LogP contribution in [0.1, 0.15) is 24.1 Å². The number of nitrogens with one attached hydrogen (secondary N) is 1. The van der Waals surface area contributed by atoms with Crippen molar-refractivity contribution in [3.05, 3.63) is 60.4 Å². The van der Waals surface area contributed by atoms with Crippen LogP contribution >= 0.6 is 0 Å². The zero-order chi connectivity index (χ0) is 18.7. The highest BCUT2D eigenvalue weighted by Gasteiger charge is 2.43. The minimum atomic E-state index is -0.665. The highest BCUT2D eigenvalue weighted by molar-refractivity contribution is 6.00. The van der Waals surface area contributed by atoms with Gasteiger partial charge in [-0.05, 0) is 31.4 Å². The zero-order valence-corrected chi connectivity index (χ0v) is 15.2. The molecular weight excluding hydrogens is 328 g/mol. The Morgan fingerprint density at radius 1 is 1.23 bits per heavy atom. The van der Waals surface area contributed by atoms with Crippen LogP contribution in [0.2, 0.25) is 0 Å². The van der Waals surface area contributed by atoms with E-state index in [-0.39, 0.29) is 11.8 Å². The first-order chi connectivity index (χ1) is 12.5. The molecule has 0 unspecified atom stereocenters. The Morgan fingerprint density at radius 3 is 2.42 bits per heavy atom. The zero-order valence-electron chi connectivity index (χ0n) is 15.2. The van der Waals surface area contributed by atoms with E-state index in [4.69, 9.17) is 0 Å².